The number of amides is 1. The molecule has 1 amide bonds. The molecule has 3 N–H and O–H groups in total. The Morgan fingerprint density at radius 2 is 2.07 bits per heavy atom. The van der Waals surface area contributed by atoms with Crippen LogP contribution in [0.15, 0.2) is 0 Å². The summed E-state index contributed by atoms with van der Waals surface area (Å²) < 4.78 is 11.7. The van der Waals surface area contributed by atoms with E-state index in [0.717, 1.165) is 12.8 Å². The molecular weight excluding hydrogens is 212 g/mol. The highest BCUT2D eigenvalue weighted by Crippen LogP contribution is 2.03. The van der Waals surface area contributed by atoms with Crippen LogP contribution in [0, 0.1) is 0 Å². The molecular formula is C10H22N2O2S. The molecule has 0 aliphatic carbocycles. The van der Waals surface area contributed by atoms with Crippen LogP contribution < -0.4 is 11.1 Å². The van der Waals surface area contributed by atoms with Crippen molar-refractivity contribution in [3.05, 3.63) is 0 Å². The predicted octanol–water partition coefficient (Wildman–Crippen LogP) is 0.387. The lowest BCUT2D eigenvalue weighted by molar-refractivity contribution is -0.120. The quantitative estimate of drug-likeness (QED) is 0.626. The molecule has 3 atom stereocenters. The molecule has 0 aromatic heterocycles. The maximum atomic E-state index is 11.7. The number of hydrogen-bond acceptors (Lipinski definition) is 3. The summed E-state index contributed by atoms with van der Waals surface area (Å²) in [6.45, 7) is 6.55. The second-order valence-electron chi connectivity index (χ2n) is 3.66. The second kappa shape index (κ2) is 7.82. The smallest absolute Gasteiger partial charge is 0.235 e. The van der Waals surface area contributed by atoms with Gasteiger partial charge in [-0.25, -0.2) is 0 Å². The van der Waals surface area contributed by atoms with E-state index in [4.69, 9.17) is 5.73 Å². The first-order valence-corrected chi connectivity index (χ1v) is 6.69. The standard InChI is InChI=1S/C10H22N2O2S/c1-4-5-6-12-10(13)9(3)15(14)8(2)7-11/h8-9H,4-7,11H2,1-3H3,(H,12,13). The van der Waals surface area contributed by atoms with Crippen molar-refractivity contribution in [3.63, 3.8) is 0 Å². The van der Waals surface area contributed by atoms with Crippen LogP contribution >= 0.6 is 0 Å². The molecule has 0 radical (unpaired) electrons. The van der Waals surface area contributed by atoms with Crippen LogP contribution in [0.1, 0.15) is 33.6 Å². The number of nitrogens with one attached hydrogen (secondary N) is 1. The van der Waals surface area contributed by atoms with Gasteiger partial charge in [-0.2, -0.15) is 0 Å². The highest BCUT2D eigenvalue weighted by Gasteiger charge is 2.23. The van der Waals surface area contributed by atoms with Crippen LogP contribution in [-0.4, -0.2) is 33.7 Å². The summed E-state index contributed by atoms with van der Waals surface area (Å²) in [6, 6.07) is 0. The van der Waals surface area contributed by atoms with Gasteiger partial charge in [0.1, 0.15) is 5.25 Å². The van der Waals surface area contributed by atoms with Gasteiger partial charge < -0.3 is 11.1 Å². The molecule has 0 bridgehead atoms. The van der Waals surface area contributed by atoms with E-state index in [2.05, 4.69) is 12.2 Å². The summed E-state index contributed by atoms with van der Waals surface area (Å²) in [6.07, 6.45) is 1.99. The predicted molar refractivity (Wildman–Crippen MR) is 64.0 cm³/mol. The summed E-state index contributed by atoms with van der Waals surface area (Å²) in [4.78, 5) is 11.5. The molecule has 5 heteroatoms. The summed E-state index contributed by atoms with van der Waals surface area (Å²) >= 11 is 0. The Morgan fingerprint density at radius 3 is 2.53 bits per heavy atom. The first-order chi connectivity index (χ1) is 7.04. The van der Waals surface area contributed by atoms with Crippen LogP contribution in [0.25, 0.3) is 0 Å². The van der Waals surface area contributed by atoms with Crippen molar-refractivity contribution >= 4 is 16.7 Å². The maximum Gasteiger partial charge on any atom is 0.235 e. The molecule has 0 spiro atoms. The van der Waals surface area contributed by atoms with Crippen molar-refractivity contribution in [2.75, 3.05) is 13.1 Å². The molecule has 3 unspecified atom stereocenters. The number of rotatable bonds is 7. The van der Waals surface area contributed by atoms with Gasteiger partial charge in [0.2, 0.25) is 5.91 Å². The fourth-order valence-corrected chi connectivity index (χ4v) is 2.26. The minimum absolute atomic E-state index is 0.128. The lowest BCUT2D eigenvalue weighted by Gasteiger charge is -2.15. The zero-order valence-corrected chi connectivity index (χ0v) is 10.6. The lowest BCUT2D eigenvalue weighted by Crippen LogP contribution is -2.40. The lowest BCUT2D eigenvalue weighted by atomic mass is 10.3. The number of carbonyl (C=O) groups is 1. The Morgan fingerprint density at radius 1 is 1.47 bits per heavy atom. The van der Waals surface area contributed by atoms with Crippen LogP contribution in [-0.2, 0) is 15.6 Å². The summed E-state index contributed by atoms with van der Waals surface area (Å²) in [5.41, 5.74) is 5.41. The van der Waals surface area contributed by atoms with Crippen LogP contribution in [0.3, 0.4) is 0 Å². The number of unbranched alkanes of at least 4 members (excludes halogenated alkanes) is 1. The molecule has 0 saturated carbocycles. The molecule has 0 heterocycles. The largest absolute Gasteiger partial charge is 0.355 e. The van der Waals surface area contributed by atoms with Crippen molar-refractivity contribution in [1.82, 2.24) is 5.32 Å². The molecule has 0 saturated heterocycles. The average Bonchev–Trinajstić information content (AvgIpc) is 2.26. The topological polar surface area (TPSA) is 72.2 Å². The van der Waals surface area contributed by atoms with Gasteiger partial charge in [0.25, 0.3) is 0 Å². The van der Waals surface area contributed by atoms with Gasteiger partial charge in [-0.1, -0.05) is 13.3 Å². The van der Waals surface area contributed by atoms with Gasteiger partial charge >= 0.3 is 0 Å². The molecule has 4 nitrogen and oxygen atoms in total. The Labute approximate surface area is 94.4 Å². The van der Waals surface area contributed by atoms with Crippen molar-refractivity contribution in [3.8, 4) is 0 Å². The minimum Gasteiger partial charge on any atom is -0.355 e. The van der Waals surface area contributed by atoms with E-state index in [9.17, 15) is 9.00 Å². The first-order valence-electron chi connectivity index (χ1n) is 5.41. The molecule has 0 aromatic carbocycles. The Hall–Kier alpha value is -0.420. The Kier molecular flexibility index (Phi) is 7.60. The summed E-state index contributed by atoms with van der Waals surface area (Å²) in [5.74, 6) is -0.137. The van der Waals surface area contributed by atoms with Gasteiger partial charge in [0, 0.05) is 29.1 Å². The number of nitrogens with two attached hydrogens (primary N) is 1. The van der Waals surface area contributed by atoms with Crippen molar-refractivity contribution in [2.24, 2.45) is 5.73 Å². The van der Waals surface area contributed by atoms with E-state index in [-0.39, 0.29) is 11.2 Å². The average molecular weight is 234 g/mol. The van der Waals surface area contributed by atoms with Gasteiger partial charge in [-0.3, -0.25) is 9.00 Å². The zero-order chi connectivity index (χ0) is 11.8. The zero-order valence-electron chi connectivity index (χ0n) is 9.79. The van der Waals surface area contributed by atoms with Crippen LogP contribution in [0.2, 0.25) is 0 Å². The van der Waals surface area contributed by atoms with E-state index in [1.807, 2.05) is 0 Å². The molecule has 0 aromatic rings. The van der Waals surface area contributed by atoms with E-state index in [1.165, 1.54) is 0 Å². The van der Waals surface area contributed by atoms with Crippen molar-refractivity contribution < 1.29 is 9.00 Å². The minimum atomic E-state index is -1.18. The van der Waals surface area contributed by atoms with Gasteiger partial charge in [-0.05, 0) is 20.3 Å². The summed E-state index contributed by atoms with van der Waals surface area (Å²) in [7, 11) is -1.18. The van der Waals surface area contributed by atoms with Gasteiger partial charge in [-0.15, -0.1) is 0 Å². The van der Waals surface area contributed by atoms with E-state index >= 15 is 0 Å². The highest BCUT2D eigenvalue weighted by molar-refractivity contribution is 7.87. The molecule has 0 aliphatic rings. The number of carbonyl (C=O) groups excluding carboxylic acids is 1. The monoisotopic (exact) mass is 234 g/mol. The highest BCUT2D eigenvalue weighted by atomic mass is 32.2. The van der Waals surface area contributed by atoms with Crippen LogP contribution in [0.4, 0.5) is 0 Å². The van der Waals surface area contributed by atoms with E-state index < -0.39 is 16.0 Å². The van der Waals surface area contributed by atoms with E-state index in [1.54, 1.807) is 13.8 Å². The first kappa shape index (κ1) is 14.6. The normalized spacial score (nSPS) is 16.8. The fourth-order valence-electron chi connectivity index (χ4n) is 1.08. The second-order valence-corrected chi connectivity index (χ2v) is 5.83. The molecule has 0 fully saturated rings. The molecule has 0 rings (SSSR count). The SMILES string of the molecule is CCCCNC(=O)C(C)S(=O)C(C)CN. The third-order valence-corrected chi connectivity index (χ3v) is 4.17. The molecule has 15 heavy (non-hydrogen) atoms. The van der Waals surface area contributed by atoms with Crippen molar-refractivity contribution in [2.45, 2.75) is 44.1 Å². The maximum absolute atomic E-state index is 11.7. The van der Waals surface area contributed by atoms with Crippen LogP contribution in [0.5, 0.6) is 0 Å². The molecule has 90 valence electrons. The van der Waals surface area contributed by atoms with Gasteiger partial charge in [0.15, 0.2) is 0 Å². The third-order valence-electron chi connectivity index (χ3n) is 2.28. The Bertz CT molecular complexity index is 221. The summed E-state index contributed by atoms with van der Waals surface area (Å²) in [5, 5.41) is 2.17. The fraction of sp³-hybridized carbons (Fsp3) is 0.900. The van der Waals surface area contributed by atoms with Gasteiger partial charge in [0.05, 0.1) is 0 Å². The van der Waals surface area contributed by atoms with Crippen molar-refractivity contribution in [1.29, 1.82) is 0 Å². The van der Waals surface area contributed by atoms with E-state index in [0.29, 0.717) is 13.1 Å². The number of hydrogen-bond donors (Lipinski definition) is 2. The third kappa shape index (κ3) is 5.28. The Balaban J connectivity index is 4.02. The molecule has 0 aliphatic heterocycles.